The summed E-state index contributed by atoms with van der Waals surface area (Å²) >= 11 is 0. The molecule has 0 bridgehead atoms. The normalized spacial score (nSPS) is 30.4. The van der Waals surface area contributed by atoms with Crippen LogP contribution in [0.2, 0.25) is 0 Å². The van der Waals surface area contributed by atoms with Crippen LogP contribution in [0.4, 0.5) is 0 Å². The van der Waals surface area contributed by atoms with Crippen molar-refractivity contribution in [2.45, 2.75) is 52.5 Å². The average Bonchev–Trinajstić information content (AvgIpc) is 2.20. The van der Waals surface area contributed by atoms with Gasteiger partial charge in [-0.3, -0.25) is 0 Å². The monoisotopic (exact) mass is 212 g/mol. The van der Waals surface area contributed by atoms with E-state index in [1.807, 2.05) is 0 Å². The highest BCUT2D eigenvalue weighted by molar-refractivity contribution is 4.76. The first kappa shape index (κ1) is 13.0. The van der Waals surface area contributed by atoms with E-state index >= 15 is 0 Å². The molecule has 1 heterocycles. The van der Waals surface area contributed by atoms with Gasteiger partial charge in [-0.1, -0.05) is 27.2 Å². The number of piperidine rings is 1. The predicted molar refractivity (Wildman–Crippen MR) is 66.9 cm³/mol. The quantitative estimate of drug-likeness (QED) is 0.758. The Hall–Kier alpha value is -0.0800. The lowest BCUT2D eigenvalue weighted by Crippen LogP contribution is -2.40. The third kappa shape index (κ3) is 4.52. The lowest BCUT2D eigenvalue weighted by atomic mass is 9.88. The van der Waals surface area contributed by atoms with Crippen LogP contribution in [0.25, 0.3) is 0 Å². The summed E-state index contributed by atoms with van der Waals surface area (Å²) in [5.41, 5.74) is 6.04. The summed E-state index contributed by atoms with van der Waals surface area (Å²) in [6.45, 7) is 10.7. The predicted octanol–water partition coefficient (Wildman–Crippen LogP) is 2.48. The maximum atomic E-state index is 6.04. The van der Waals surface area contributed by atoms with Crippen LogP contribution in [0.1, 0.15) is 46.5 Å². The molecule has 1 saturated heterocycles. The van der Waals surface area contributed by atoms with Crippen LogP contribution >= 0.6 is 0 Å². The number of rotatable bonds is 5. The molecule has 0 amide bonds. The van der Waals surface area contributed by atoms with Crippen molar-refractivity contribution in [3.63, 3.8) is 0 Å². The van der Waals surface area contributed by atoms with Crippen LogP contribution < -0.4 is 5.73 Å². The van der Waals surface area contributed by atoms with Crippen molar-refractivity contribution in [3.8, 4) is 0 Å². The highest BCUT2D eigenvalue weighted by Crippen LogP contribution is 2.22. The minimum atomic E-state index is 0.421. The third-order valence-electron chi connectivity index (χ3n) is 3.89. The van der Waals surface area contributed by atoms with Gasteiger partial charge in [0.2, 0.25) is 0 Å². The zero-order valence-corrected chi connectivity index (χ0v) is 10.7. The molecule has 2 heteroatoms. The van der Waals surface area contributed by atoms with Crippen LogP contribution in [-0.2, 0) is 0 Å². The molecule has 15 heavy (non-hydrogen) atoms. The maximum Gasteiger partial charge on any atom is 0.00509 e. The molecule has 0 aromatic carbocycles. The number of likely N-dealkylation sites (tertiary alicyclic amines) is 1. The number of nitrogens with zero attached hydrogens (tertiary/aromatic N) is 1. The lowest BCUT2D eigenvalue weighted by molar-refractivity contribution is 0.134. The lowest BCUT2D eigenvalue weighted by Gasteiger charge is -2.35. The maximum absolute atomic E-state index is 6.04. The van der Waals surface area contributed by atoms with Crippen molar-refractivity contribution < 1.29 is 0 Å². The van der Waals surface area contributed by atoms with Crippen LogP contribution in [0.5, 0.6) is 0 Å². The van der Waals surface area contributed by atoms with Crippen LogP contribution in [0.3, 0.4) is 0 Å². The largest absolute Gasteiger partial charge is 0.328 e. The van der Waals surface area contributed by atoms with E-state index in [4.69, 9.17) is 5.73 Å². The van der Waals surface area contributed by atoms with Gasteiger partial charge in [0.25, 0.3) is 0 Å². The van der Waals surface area contributed by atoms with E-state index in [-0.39, 0.29) is 0 Å². The van der Waals surface area contributed by atoms with Gasteiger partial charge in [-0.05, 0) is 44.2 Å². The van der Waals surface area contributed by atoms with E-state index < -0.39 is 0 Å². The molecule has 0 aromatic heterocycles. The molecule has 0 saturated carbocycles. The molecule has 90 valence electrons. The second kappa shape index (κ2) is 6.49. The Labute approximate surface area is 95.2 Å². The molecule has 2 N–H and O–H groups in total. The summed E-state index contributed by atoms with van der Waals surface area (Å²) in [7, 11) is 0. The molecule has 0 aliphatic carbocycles. The Morgan fingerprint density at radius 2 is 2.00 bits per heavy atom. The molecule has 3 atom stereocenters. The number of nitrogens with two attached hydrogens (primary N) is 1. The van der Waals surface area contributed by atoms with Gasteiger partial charge in [-0.25, -0.2) is 0 Å². The van der Waals surface area contributed by atoms with Crippen LogP contribution in [0.15, 0.2) is 0 Å². The molecule has 2 nitrogen and oxygen atoms in total. The zero-order chi connectivity index (χ0) is 11.3. The van der Waals surface area contributed by atoms with E-state index in [1.165, 1.54) is 45.3 Å². The van der Waals surface area contributed by atoms with Crippen LogP contribution in [-0.4, -0.2) is 30.6 Å². The Kier molecular flexibility index (Phi) is 5.62. The standard InChI is InChI=1S/C13H28N2/c1-4-5-13(14)7-9-15-8-6-11(2)12(3)10-15/h11-13H,4-10,14H2,1-3H3. The third-order valence-corrected chi connectivity index (χ3v) is 3.89. The molecule has 1 fully saturated rings. The minimum Gasteiger partial charge on any atom is -0.328 e. The molecule has 3 unspecified atom stereocenters. The van der Waals surface area contributed by atoms with Gasteiger partial charge in [0, 0.05) is 12.6 Å². The summed E-state index contributed by atoms with van der Waals surface area (Å²) in [4.78, 5) is 2.60. The van der Waals surface area contributed by atoms with E-state index in [0.717, 1.165) is 11.8 Å². The van der Waals surface area contributed by atoms with Crippen molar-refractivity contribution in [1.82, 2.24) is 4.90 Å². The van der Waals surface area contributed by atoms with Crippen molar-refractivity contribution in [3.05, 3.63) is 0 Å². The molecule has 0 radical (unpaired) electrons. The SMILES string of the molecule is CCCC(N)CCN1CCC(C)C(C)C1. The first-order chi connectivity index (χ1) is 7.13. The van der Waals surface area contributed by atoms with E-state index in [1.54, 1.807) is 0 Å². The summed E-state index contributed by atoms with van der Waals surface area (Å²) in [6, 6.07) is 0.421. The number of hydrogen-bond donors (Lipinski definition) is 1. The molecule has 0 aromatic rings. The first-order valence-electron chi connectivity index (χ1n) is 6.61. The Bertz CT molecular complexity index is 170. The highest BCUT2D eigenvalue weighted by Gasteiger charge is 2.22. The topological polar surface area (TPSA) is 29.3 Å². The molecular weight excluding hydrogens is 184 g/mol. The van der Waals surface area contributed by atoms with Gasteiger partial charge in [0.1, 0.15) is 0 Å². The van der Waals surface area contributed by atoms with E-state index in [2.05, 4.69) is 25.7 Å². The molecule has 1 aliphatic rings. The second-order valence-electron chi connectivity index (χ2n) is 5.38. The first-order valence-corrected chi connectivity index (χ1v) is 6.61. The van der Waals surface area contributed by atoms with E-state index in [9.17, 15) is 0 Å². The van der Waals surface area contributed by atoms with Crippen LogP contribution in [0, 0.1) is 11.8 Å². The van der Waals surface area contributed by atoms with Gasteiger partial charge in [0.05, 0.1) is 0 Å². The Morgan fingerprint density at radius 1 is 1.27 bits per heavy atom. The summed E-state index contributed by atoms with van der Waals surface area (Å²) < 4.78 is 0. The Balaban J connectivity index is 2.16. The highest BCUT2D eigenvalue weighted by atomic mass is 15.1. The fourth-order valence-corrected chi connectivity index (χ4v) is 2.42. The molecular formula is C13H28N2. The summed E-state index contributed by atoms with van der Waals surface area (Å²) in [6.07, 6.45) is 4.94. The Morgan fingerprint density at radius 3 is 2.60 bits per heavy atom. The fraction of sp³-hybridized carbons (Fsp3) is 1.00. The van der Waals surface area contributed by atoms with Gasteiger partial charge in [-0.2, -0.15) is 0 Å². The summed E-state index contributed by atoms with van der Waals surface area (Å²) in [5.74, 6) is 1.77. The summed E-state index contributed by atoms with van der Waals surface area (Å²) in [5, 5.41) is 0. The fourth-order valence-electron chi connectivity index (χ4n) is 2.42. The van der Waals surface area contributed by atoms with Gasteiger partial charge < -0.3 is 10.6 Å². The van der Waals surface area contributed by atoms with Gasteiger partial charge >= 0.3 is 0 Å². The van der Waals surface area contributed by atoms with Crippen molar-refractivity contribution in [1.29, 1.82) is 0 Å². The number of hydrogen-bond acceptors (Lipinski definition) is 2. The van der Waals surface area contributed by atoms with Gasteiger partial charge in [-0.15, -0.1) is 0 Å². The van der Waals surface area contributed by atoms with Crippen molar-refractivity contribution >= 4 is 0 Å². The van der Waals surface area contributed by atoms with Gasteiger partial charge in [0.15, 0.2) is 0 Å². The van der Waals surface area contributed by atoms with Crippen molar-refractivity contribution in [2.75, 3.05) is 19.6 Å². The van der Waals surface area contributed by atoms with E-state index in [0.29, 0.717) is 6.04 Å². The molecule has 0 spiro atoms. The second-order valence-corrected chi connectivity index (χ2v) is 5.38. The molecule has 1 aliphatic heterocycles. The smallest absolute Gasteiger partial charge is 0.00509 e. The zero-order valence-electron chi connectivity index (χ0n) is 10.7. The minimum absolute atomic E-state index is 0.421. The molecule has 1 rings (SSSR count). The average molecular weight is 212 g/mol. The van der Waals surface area contributed by atoms with Crippen molar-refractivity contribution in [2.24, 2.45) is 17.6 Å².